The zero-order valence-corrected chi connectivity index (χ0v) is 11.1. The van der Waals surface area contributed by atoms with Crippen LogP contribution in [0.3, 0.4) is 0 Å². The highest BCUT2D eigenvalue weighted by atomic mass is 35.5. The highest BCUT2D eigenvalue weighted by Gasteiger charge is 2.08. The molecule has 2 N–H and O–H groups in total. The Morgan fingerprint density at radius 3 is 2.28 bits per heavy atom. The normalized spacial score (nSPS) is 12.5. The van der Waals surface area contributed by atoms with Gasteiger partial charge in [-0.3, -0.25) is 0 Å². The van der Waals surface area contributed by atoms with Crippen LogP contribution in [0.15, 0.2) is 36.4 Å². The Balaban J connectivity index is 2.45. The molecule has 0 aromatic heterocycles. The van der Waals surface area contributed by atoms with Crippen molar-refractivity contribution in [3.63, 3.8) is 0 Å². The molecule has 3 heteroatoms. The summed E-state index contributed by atoms with van der Waals surface area (Å²) in [5.41, 5.74) is 9.04. The molecule has 18 heavy (non-hydrogen) atoms. The zero-order chi connectivity index (χ0) is 13.3. The summed E-state index contributed by atoms with van der Waals surface area (Å²) in [5, 5.41) is 0.614. The van der Waals surface area contributed by atoms with E-state index in [1.807, 2.05) is 31.2 Å². The van der Waals surface area contributed by atoms with Crippen molar-refractivity contribution >= 4 is 11.6 Å². The molecule has 0 aliphatic heterocycles. The molecule has 2 rings (SSSR count). The molecule has 94 valence electrons. The molecule has 0 fully saturated rings. The lowest BCUT2D eigenvalue weighted by Gasteiger charge is -2.10. The standard InChI is InChI=1S/C15H15ClFN/c1-9-3-4-12(8-15(9)17)11-5-6-13(10(2)18)14(16)7-11/h3-8,10H,18H2,1-2H3. The first-order chi connectivity index (χ1) is 8.49. The summed E-state index contributed by atoms with van der Waals surface area (Å²) in [6.07, 6.45) is 0. The Morgan fingerprint density at radius 1 is 1.11 bits per heavy atom. The smallest absolute Gasteiger partial charge is 0.126 e. The maximum atomic E-state index is 13.5. The van der Waals surface area contributed by atoms with Gasteiger partial charge in [0.25, 0.3) is 0 Å². The fraction of sp³-hybridized carbons (Fsp3) is 0.200. The van der Waals surface area contributed by atoms with Gasteiger partial charge in [-0.15, -0.1) is 0 Å². The molecule has 0 aliphatic rings. The maximum absolute atomic E-state index is 13.5. The predicted octanol–water partition coefficient (Wildman–Crippen LogP) is 4.47. The molecule has 0 saturated carbocycles. The Morgan fingerprint density at radius 2 is 1.72 bits per heavy atom. The van der Waals surface area contributed by atoms with Crippen LogP contribution in [0.2, 0.25) is 5.02 Å². The highest BCUT2D eigenvalue weighted by molar-refractivity contribution is 6.31. The van der Waals surface area contributed by atoms with Gasteiger partial charge in [-0.25, -0.2) is 4.39 Å². The summed E-state index contributed by atoms with van der Waals surface area (Å²) in [5.74, 6) is -0.208. The average Bonchev–Trinajstić information content (AvgIpc) is 2.32. The van der Waals surface area contributed by atoms with Gasteiger partial charge in [0, 0.05) is 11.1 Å². The Hall–Kier alpha value is -1.38. The summed E-state index contributed by atoms with van der Waals surface area (Å²) in [4.78, 5) is 0. The van der Waals surface area contributed by atoms with Crippen LogP contribution in [-0.4, -0.2) is 0 Å². The van der Waals surface area contributed by atoms with Gasteiger partial charge in [-0.05, 0) is 48.2 Å². The third kappa shape index (κ3) is 2.55. The lowest BCUT2D eigenvalue weighted by Crippen LogP contribution is -2.05. The van der Waals surface area contributed by atoms with Crippen LogP contribution >= 0.6 is 11.6 Å². The molecule has 1 unspecified atom stereocenters. The quantitative estimate of drug-likeness (QED) is 0.850. The van der Waals surface area contributed by atoms with E-state index in [2.05, 4.69) is 0 Å². The van der Waals surface area contributed by atoms with E-state index in [1.54, 1.807) is 13.0 Å². The van der Waals surface area contributed by atoms with E-state index in [9.17, 15) is 4.39 Å². The first-order valence-electron chi connectivity index (χ1n) is 5.80. The van der Waals surface area contributed by atoms with Gasteiger partial charge in [0.05, 0.1) is 0 Å². The monoisotopic (exact) mass is 263 g/mol. The number of aryl methyl sites for hydroxylation is 1. The van der Waals surface area contributed by atoms with Crippen molar-refractivity contribution in [2.24, 2.45) is 5.73 Å². The van der Waals surface area contributed by atoms with E-state index >= 15 is 0 Å². The third-order valence-corrected chi connectivity index (χ3v) is 3.32. The van der Waals surface area contributed by atoms with E-state index in [-0.39, 0.29) is 11.9 Å². The van der Waals surface area contributed by atoms with Gasteiger partial charge in [0.2, 0.25) is 0 Å². The van der Waals surface area contributed by atoms with E-state index in [1.165, 1.54) is 6.07 Å². The second kappa shape index (κ2) is 5.09. The summed E-state index contributed by atoms with van der Waals surface area (Å²) in [6, 6.07) is 10.7. The minimum absolute atomic E-state index is 0.110. The molecular weight excluding hydrogens is 249 g/mol. The minimum atomic E-state index is -0.208. The number of halogens is 2. The second-order valence-corrected chi connectivity index (χ2v) is 4.90. The van der Waals surface area contributed by atoms with Crippen LogP contribution in [0.4, 0.5) is 4.39 Å². The fourth-order valence-electron chi connectivity index (χ4n) is 1.85. The third-order valence-electron chi connectivity index (χ3n) is 3.00. The Bertz CT molecular complexity index is 579. The maximum Gasteiger partial charge on any atom is 0.126 e. The van der Waals surface area contributed by atoms with Crippen molar-refractivity contribution in [2.75, 3.05) is 0 Å². The fourth-order valence-corrected chi connectivity index (χ4v) is 2.20. The van der Waals surface area contributed by atoms with Crippen molar-refractivity contribution in [3.05, 3.63) is 58.4 Å². The van der Waals surface area contributed by atoms with Crippen molar-refractivity contribution < 1.29 is 4.39 Å². The van der Waals surface area contributed by atoms with Crippen LogP contribution < -0.4 is 5.73 Å². The number of hydrogen-bond donors (Lipinski definition) is 1. The molecule has 0 spiro atoms. The van der Waals surface area contributed by atoms with Crippen molar-refractivity contribution in [1.82, 2.24) is 0 Å². The van der Waals surface area contributed by atoms with Crippen LogP contribution in [0.1, 0.15) is 24.1 Å². The largest absolute Gasteiger partial charge is 0.324 e. The van der Waals surface area contributed by atoms with Gasteiger partial charge in [-0.2, -0.15) is 0 Å². The molecule has 1 nitrogen and oxygen atoms in total. The SMILES string of the molecule is Cc1ccc(-c2ccc(C(C)N)c(Cl)c2)cc1F. The molecule has 0 saturated heterocycles. The second-order valence-electron chi connectivity index (χ2n) is 4.49. The van der Waals surface area contributed by atoms with Crippen LogP contribution in [0, 0.1) is 12.7 Å². The Kier molecular flexibility index (Phi) is 3.69. The minimum Gasteiger partial charge on any atom is -0.324 e. The van der Waals surface area contributed by atoms with E-state index < -0.39 is 0 Å². The van der Waals surface area contributed by atoms with Gasteiger partial charge in [0.15, 0.2) is 0 Å². The summed E-state index contributed by atoms with van der Waals surface area (Å²) in [7, 11) is 0. The van der Waals surface area contributed by atoms with E-state index in [4.69, 9.17) is 17.3 Å². The van der Waals surface area contributed by atoms with Crippen LogP contribution in [0.25, 0.3) is 11.1 Å². The molecule has 0 amide bonds. The van der Waals surface area contributed by atoms with Gasteiger partial charge < -0.3 is 5.73 Å². The van der Waals surface area contributed by atoms with Crippen molar-refractivity contribution in [2.45, 2.75) is 19.9 Å². The van der Waals surface area contributed by atoms with Gasteiger partial charge >= 0.3 is 0 Å². The first-order valence-corrected chi connectivity index (χ1v) is 6.18. The van der Waals surface area contributed by atoms with Crippen LogP contribution in [-0.2, 0) is 0 Å². The number of nitrogens with two attached hydrogens (primary N) is 1. The number of benzene rings is 2. The topological polar surface area (TPSA) is 26.0 Å². The van der Waals surface area contributed by atoms with Crippen molar-refractivity contribution in [3.8, 4) is 11.1 Å². The average molecular weight is 264 g/mol. The highest BCUT2D eigenvalue weighted by Crippen LogP contribution is 2.29. The summed E-state index contributed by atoms with van der Waals surface area (Å²) >= 11 is 6.17. The molecular formula is C15H15ClFN. The summed E-state index contributed by atoms with van der Waals surface area (Å²) in [6.45, 7) is 3.62. The lowest BCUT2D eigenvalue weighted by molar-refractivity contribution is 0.619. The zero-order valence-electron chi connectivity index (χ0n) is 10.4. The molecule has 0 bridgehead atoms. The molecule has 2 aromatic carbocycles. The molecule has 0 radical (unpaired) electrons. The predicted molar refractivity (Wildman–Crippen MR) is 74.2 cm³/mol. The first kappa shape index (κ1) is 13.1. The number of rotatable bonds is 2. The molecule has 0 heterocycles. The summed E-state index contributed by atoms with van der Waals surface area (Å²) < 4.78 is 13.5. The van der Waals surface area contributed by atoms with E-state index in [0.717, 1.165) is 16.7 Å². The Labute approximate surface area is 111 Å². The molecule has 1 atom stereocenters. The number of hydrogen-bond acceptors (Lipinski definition) is 1. The van der Waals surface area contributed by atoms with E-state index in [0.29, 0.717) is 10.6 Å². The van der Waals surface area contributed by atoms with Crippen LogP contribution in [0.5, 0.6) is 0 Å². The van der Waals surface area contributed by atoms with Gasteiger partial charge in [0.1, 0.15) is 5.82 Å². The van der Waals surface area contributed by atoms with Gasteiger partial charge in [-0.1, -0.05) is 35.9 Å². The molecule has 0 aliphatic carbocycles. The van der Waals surface area contributed by atoms with Crippen molar-refractivity contribution in [1.29, 1.82) is 0 Å². The lowest BCUT2D eigenvalue weighted by atomic mass is 10.0. The molecule has 2 aromatic rings.